The van der Waals surface area contributed by atoms with Gasteiger partial charge in [-0.2, -0.15) is 0 Å². The van der Waals surface area contributed by atoms with Gasteiger partial charge in [0.15, 0.2) is 0 Å². The van der Waals surface area contributed by atoms with Crippen LogP contribution >= 0.6 is 0 Å². The van der Waals surface area contributed by atoms with Crippen LogP contribution in [0.2, 0.25) is 0 Å². The molecular formula is C22H18F2N2O4. The zero-order chi connectivity index (χ0) is 21.7. The van der Waals surface area contributed by atoms with Crippen molar-refractivity contribution in [2.45, 2.75) is 13.5 Å². The smallest absolute Gasteiger partial charge is 0.338 e. The zero-order valence-corrected chi connectivity index (χ0v) is 15.9. The molecule has 30 heavy (non-hydrogen) atoms. The molecule has 0 atom stereocenters. The van der Waals surface area contributed by atoms with Gasteiger partial charge in [-0.05, 0) is 54.4 Å². The lowest BCUT2D eigenvalue weighted by molar-refractivity contribution is 0.0234. The molecule has 3 aromatic rings. The van der Waals surface area contributed by atoms with Gasteiger partial charge in [-0.3, -0.25) is 9.63 Å². The topological polar surface area (TPSA) is 87.7 Å². The second-order valence-electron chi connectivity index (χ2n) is 6.48. The van der Waals surface area contributed by atoms with Crippen LogP contribution in [0.15, 0.2) is 60.7 Å². The van der Waals surface area contributed by atoms with Crippen LogP contribution in [0.3, 0.4) is 0 Å². The van der Waals surface area contributed by atoms with Crippen LogP contribution in [0, 0.1) is 18.6 Å². The van der Waals surface area contributed by atoms with Crippen molar-refractivity contribution in [1.29, 1.82) is 0 Å². The highest BCUT2D eigenvalue weighted by Crippen LogP contribution is 2.25. The number of aromatic carboxylic acids is 1. The van der Waals surface area contributed by atoms with Gasteiger partial charge in [0.2, 0.25) is 0 Å². The van der Waals surface area contributed by atoms with Crippen molar-refractivity contribution < 1.29 is 28.3 Å². The Hall–Kier alpha value is -3.78. The van der Waals surface area contributed by atoms with E-state index in [0.29, 0.717) is 16.9 Å². The van der Waals surface area contributed by atoms with Gasteiger partial charge in [0.25, 0.3) is 5.91 Å². The SMILES string of the molecule is Cc1cc(Nc2ccccc2C(=O)NOCc2ccc(F)cc2)cc(C(=O)O)c1F. The van der Waals surface area contributed by atoms with Crippen LogP contribution in [0.1, 0.15) is 31.8 Å². The molecule has 0 aliphatic carbocycles. The van der Waals surface area contributed by atoms with Crippen LogP contribution in [-0.4, -0.2) is 17.0 Å². The van der Waals surface area contributed by atoms with E-state index in [1.54, 1.807) is 24.3 Å². The average molecular weight is 412 g/mol. The number of hydroxylamine groups is 1. The summed E-state index contributed by atoms with van der Waals surface area (Å²) in [4.78, 5) is 28.9. The number of carboxylic acids is 1. The molecule has 0 fully saturated rings. The van der Waals surface area contributed by atoms with Crippen LogP contribution < -0.4 is 10.8 Å². The third-order valence-corrected chi connectivity index (χ3v) is 4.25. The number of carbonyl (C=O) groups is 2. The molecule has 0 radical (unpaired) electrons. The van der Waals surface area contributed by atoms with Gasteiger partial charge < -0.3 is 10.4 Å². The van der Waals surface area contributed by atoms with Crippen LogP contribution in [0.25, 0.3) is 0 Å². The second kappa shape index (κ2) is 9.15. The maximum Gasteiger partial charge on any atom is 0.338 e. The molecule has 3 N–H and O–H groups in total. The number of halogens is 2. The van der Waals surface area contributed by atoms with Gasteiger partial charge in [-0.15, -0.1) is 0 Å². The minimum absolute atomic E-state index is 0.0424. The first-order chi connectivity index (χ1) is 14.3. The number of hydrogen-bond donors (Lipinski definition) is 3. The first-order valence-corrected chi connectivity index (χ1v) is 8.91. The Bertz CT molecular complexity index is 1080. The Morgan fingerprint density at radius 1 is 1.00 bits per heavy atom. The molecule has 0 aromatic heterocycles. The number of carbonyl (C=O) groups excluding carboxylic acids is 1. The van der Waals surface area contributed by atoms with Crippen molar-refractivity contribution in [2.75, 3.05) is 5.32 Å². The molecule has 0 saturated carbocycles. The van der Waals surface area contributed by atoms with Crippen LogP contribution in [0.5, 0.6) is 0 Å². The maximum atomic E-state index is 14.0. The molecule has 3 rings (SSSR count). The van der Waals surface area contributed by atoms with Gasteiger partial charge in [0.1, 0.15) is 11.6 Å². The highest BCUT2D eigenvalue weighted by molar-refractivity contribution is 6.00. The molecule has 8 heteroatoms. The molecule has 1 amide bonds. The lowest BCUT2D eigenvalue weighted by atomic mass is 10.1. The molecular weight excluding hydrogens is 394 g/mol. The molecule has 0 bridgehead atoms. The quantitative estimate of drug-likeness (QED) is 0.495. The monoisotopic (exact) mass is 412 g/mol. The molecule has 0 spiro atoms. The van der Waals surface area contributed by atoms with Crippen molar-refractivity contribution in [3.05, 3.63) is 94.6 Å². The van der Waals surface area contributed by atoms with Crippen molar-refractivity contribution in [1.82, 2.24) is 5.48 Å². The van der Waals surface area contributed by atoms with Gasteiger partial charge in [-0.1, -0.05) is 24.3 Å². The molecule has 0 aliphatic rings. The van der Waals surface area contributed by atoms with E-state index in [4.69, 9.17) is 9.94 Å². The number of amides is 1. The van der Waals surface area contributed by atoms with E-state index in [1.165, 1.54) is 37.3 Å². The number of nitrogens with one attached hydrogen (secondary N) is 2. The van der Waals surface area contributed by atoms with Gasteiger partial charge >= 0.3 is 5.97 Å². The average Bonchev–Trinajstić information content (AvgIpc) is 2.72. The predicted molar refractivity (Wildman–Crippen MR) is 106 cm³/mol. The third-order valence-electron chi connectivity index (χ3n) is 4.25. The van der Waals surface area contributed by atoms with Gasteiger partial charge in [0, 0.05) is 5.69 Å². The fraction of sp³-hybridized carbons (Fsp3) is 0.0909. The summed E-state index contributed by atoms with van der Waals surface area (Å²) in [5.74, 6) is -3.12. The summed E-state index contributed by atoms with van der Waals surface area (Å²) in [5.41, 5.74) is 3.60. The number of rotatable bonds is 7. The number of hydrogen-bond acceptors (Lipinski definition) is 4. The molecule has 154 valence electrons. The summed E-state index contributed by atoms with van der Waals surface area (Å²) in [7, 11) is 0. The summed E-state index contributed by atoms with van der Waals surface area (Å²) >= 11 is 0. The Kier molecular flexibility index (Phi) is 6.38. The van der Waals surface area contributed by atoms with Crippen molar-refractivity contribution in [3.63, 3.8) is 0 Å². The summed E-state index contributed by atoms with van der Waals surface area (Å²) in [5, 5.41) is 12.1. The Labute approximate surface area is 171 Å². The highest BCUT2D eigenvalue weighted by Gasteiger charge is 2.16. The van der Waals surface area contributed by atoms with E-state index in [9.17, 15) is 18.4 Å². The van der Waals surface area contributed by atoms with Crippen molar-refractivity contribution in [3.8, 4) is 0 Å². The molecule has 0 unspecified atom stereocenters. The maximum absolute atomic E-state index is 14.0. The number of anilines is 2. The van der Waals surface area contributed by atoms with E-state index in [1.807, 2.05) is 0 Å². The molecule has 0 aliphatic heterocycles. The zero-order valence-electron chi connectivity index (χ0n) is 15.9. The minimum atomic E-state index is -1.39. The lowest BCUT2D eigenvalue weighted by Gasteiger charge is -2.14. The van der Waals surface area contributed by atoms with Crippen LogP contribution in [0.4, 0.5) is 20.2 Å². The molecule has 6 nitrogen and oxygen atoms in total. The summed E-state index contributed by atoms with van der Waals surface area (Å²) in [6.45, 7) is 1.50. The van der Waals surface area contributed by atoms with Crippen molar-refractivity contribution >= 4 is 23.3 Å². The number of para-hydroxylation sites is 1. The number of aryl methyl sites for hydroxylation is 1. The van der Waals surface area contributed by atoms with E-state index >= 15 is 0 Å². The highest BCUT2D eigenvalue weighted by atomic mass is 19.1. The Balaban J connectivity index is 1.73. The fourth-order valence-corrected chi connectivity index (χ4v) is 2.76. The molecule has 3 aromatic carbocycles. The first-order valence-electron chi connectivity index (χ1n) is 8.91. The number of carboxylic acid groups (broad SMARTS) is 1. The standard InChI is InChI=1S/C22H18F2N2O4/c1-13-10-16(11-18(20(13)24)22(28)29)25-19-5-3-2-4-17(19)21(27)26-30-12-14-6-8-15(23)9-7-14/h2-11,25H,12H2,1H3,(H,26,27)(H,28,29). The van der Waals surface area contributed by atoms with Crippen molar-refractivity contribution in [2.24, 2.45) is 0 Å². The van der Waals surface area contributed by atoms with Gasteiger partial charge in [-0.25, -0.2) is 19.1 Å². The summed E-state index contributed by atoms with van der Waals surface area (Å²) < 4.78 is 26.9. The lowest BCUT2D eigenvalue weighted by Crippen LogP contribution is -2.24. The Morgan fingerprint density at radius 3 is 2.40 bits per heavy atom. The van der Waals surface area contributed by atoms with E-state index in [-0.39, 0.29) is 23.6 Å². The van der Waals surface area contributed by atoms with E-state index in [2.05, 4.69) is 10.8 Å². The Morgan fingerprint density at radius 2 is 1.70 bits per heavy atom. The van der Waals surface area contributed by atoms with E-state index in [0.717, 1.165) is 6.07 Å². The van der Waals surface area contributed by atoms with Crippen LogP contribution in [-0.2, 0) is 11.4 Å². The predicted octanol–water partition coefficient (Wildman–Crippen LogP) is 4.58. The fourth-order valence-electron chi connectivity index (χ4n) is 2.76. The van der Waals surface area contributed by atoms with Gasteiger partial charge in [0.05, 0.1) is 23.4 Å². The minimum Gasteiger partial charge on any atom is -0.478 e. The third kappa shape index (κ3) is 4.98. The molecule has 0 saturated heterocycles. The largest absolute Gasteiger partial charge is 0.478 e. The first kappa shape index (κ1) is 20.9. The second-order valence-corrected chi connectivity index (χ2v) is 6.48. The normalized spacial score (nSPS) is 10.5. The summed E-state index contributed by atoms with van der Waals surface area (Å²) in [6, 6.07) is 14.8. The molecule has 0 heterocycles. The van der Waals surface area contributed by atoms with E-state index < -0.39 is 23.3 Å². The number of benzene rings is 3. The summed E-state index contributed by atoms with van der Waals surface area (Å²) in [6.07, 6.45) is 0.